The van der Waals surface area contributed by atoms with Crippen LogP contribution in [-0.2, 0) is 0 Å². The summed E-state index contributed by atoms with van der Waals surface area (Å²) in [6.07, 6.45) is 4.24. The summed E-state index contributed by atoms with van der Waals surface area (Å²) in [7, 11) is 0. The lowest BCUT2D eigenvalue weighted by Gasteiger charge is -2.26. The molecule has 1 saturated carbocycles. The van der Waals surface area contributed by atoms with Crippen molar-refractivity contribution in [2.24, 2.45) is 0 Å². The van der Waals surface area contributed by atoms with Gasteiger partial charge in [-0.3, -0.25) is 4.79 Å². The van der Waals surface area contributed by atoms with Crippen LogP contribution in [0.2, 0.25) is 0 Å². The molecular weight excluding hydrogens is 300 g/mol. The molecule has 1 atom stereocenters. The molecule has 2 aromatic carbocycles. The number of amides is 1. The summed E-state index contributed by atoms with van der Waals surface area (Å²) < 4.78 is 5.85. The minimum absolute atomic E-state index is 0.0188. The number of carbonyl (C=O) groups excluding carboxylic acids is 1. The molecule has 0 radical (unpaired) electrons. The molecule has 0 aromatic heterocycles. The Labute approximate surface area is 141 Å². The molecule has 0 spiro atoms. The summed E-state index contributed by atoms with van der Waals surface area (Å²) in [5.74, 6) is 1.37. The average molecular weight is 318 g/mol. The van der Waals surface area contributed by atoms with Gasteiger partial charge in [-0.15, -0.1) is 0 Å². The molecule has 1 fully saturated rings. The van der Waals surface area contributed by atoms with Crippen molar-refractivity contribution in [3.8, 4) is 17.6 Å². The van der Waals surface area contributed by atoms with Crippen molar-refractivity contribution in [1.29, 1.82) is 5.26 Å². The van der Waals surface area contributed by atoms with Gasteiger partial charge in [0.15, 0.2) is 0 Å². The first-order chi connectivity index (χ1) is 11.8. The molecule has 4 nitrogen and oxygen atoms in total. The number of hydrogen-bond donors (Lipinski definition) is 0. The fraction of sp³-hybridized carbons (Fsp3) is 0.300. The Morgan fingerprint density at radius 2 is 1.79 bits per heavy atom. The molecule has 0 N–H and O–H groups in total. The van der Waals surface area contributed by atoms with E-state index in [2.05, 4.69) is 6.07 Å². The van der Waals surface area contributed by atoms with Crippen LogP contribution in [0.4, 0.5) is 0 Å². The zero-order valence-electron chi connectivity index (χ0n) is 13.3. The summed E-state index contributed by atoms with van der Waals surface area (Å²) in [6, 6.07) is 16.9. The number of nitrogens with zero attached hydrogens (tertiary/aromatic N) is 2. The molecule has 0 bridgehead atoms. The van der Waals surface area contributed by atoms with Crippen LogP contribution < -0.4 is 4.74 Å². The zero-order valence-corrected chi connectivity index (χ0v) is 13.3. The van der Waals surface area contributed by atoms with E-state index < -0.39 is 6.04 Å². The Morgan fingerprint density at radius 1 is 1.04 bits per heavy atom. The van der Waals surface area contributed by atoms with E-state index >= 15 is 0 Å². The number of carbonyl (C=O) groups is 1. The molecule has 24 heavy (non-hydrogen) atoms. The smallest absolute Gasteiger partial charge is 0.255 e. The quantitative estimate of drug-likeness (QED) is 0.840. The van der Waals surface area contributed by atoms with E-state index in [4.69, 9.17) is 4.74 Å². The van der Waals surface area contributed by atoms with Crippen LogP contribution in [0.5, 0.6) is 11.5 Å². The SMILES string of the molecule is N#CC1c2cc(Oc3ccccc3)ccc2C(=O)N1C1CCCC1. The minimum Gasteiger partial charge on any atom is -0.457 e. The second kappa shape index (κ2) is 6.01. The number of hydrogen-bond acceptors (Lipinski definition) is 3. The number of benzene rings is 2. The van der Waals surface area contributed by atoms with Crippen LogP contribution in [0.15, 0.2) is 48.5 Å². The zero-order chi connectivity index (χ0) is 16.5. The van der Waals surface area contributed by atoms with E-state index in [1.807, 2.05) is 36.4 Å². The van der Waals surface area contributed by atoms with Crippen molar-refractivity contribution in [3.05, 3.63) is 59.7 Å². The van der Waals surface area contributed by atoms with Crippen LogP contribution in [-0.4, -0.2) is 16.8 Å². The standard InChI is InChI=1S/C20H18N2O2/c21-13-19-18-12-16(24-15-8-2-1-3-9-15)10-11-17(18)20(23)22(19)14-6-4-5-7-14/h1-3,8-12,14,19H,4-7H2. The molecule has 120 valence electrons. The molecule has 1 amide bonds. The largest absolute Gasteiger partial charge is 0.457 e. The fourth-order valence-corrected chi connectivity index (χ4v) is 3.75. The summed E-state index contributed by atoms with van der Waals surface area (Å²) in [5.41, 5.74) is 1.40. The molecule has 0 saturated heterocycles. The number of fused-ring (bicyclic) bond motifs is 1. The molecule has 1 aliphatic heterocycles. The normalized spacial score (nSPS) is 20.0. The summed E-state index contributed by atoms with van der Waals surface area (Å²) >= 11 is 0. The molecule has 1 aliphatic carbocycles. The van der Waals surface area contributed by atoms with Crippen molar-refractivity contribution in [2.45, 2.75) is 37.8 Å². The topological polar surface area (TPSA) is 53.3 Å². The Morgan fingerprint density at radius 3 is 2.50 bits per heavy atom. The lowest BCUT2D eigenvalue weighted by atomic mass is 10.0. The predicted octanol–water partition coefficient (Wildman–Crippen LogP) is 4.44. The van der Waals surface area contributed by atoms with E-state index in [9.17, 15) is 10.1 Å². The van der Waals surface area contributed by atoms with Crippen LogP contribution in [0, 0.1) is 11.3 Å². The second-order valence-corrected chi connectivity index (χ2v) is 6.35. The Kier molecular flexibility index (Phi) is 3.70. The van der Waals surface area contributed by atoms with Gasteiger partial charge >= 0.3 is 0 Å². The highest BCUT2D eigenvalue weighted by Crippen LogP contribution is 2.40. The third-order valence-electron chi connectivity index (χ3n) is 4.88. The molecule has 1 unspecified atom stereocenters. The van der Waals surface area contributed by atoms with Gasteiger partial charge in [-0.05, 0) is 43.2 Å². The Hall–Kier alpha value is -2.80. The van der Waals surface area contributed by atoms with E-state index in [1.54, 1.807) is 17.0 Å². The van der Waals surface area contributed by atoms with Gasteiger partial charge in [-0.1, -0.05) is 31.0 Å². The van der Waals surface area contributed by atoms with Gasteiger partial charge < -0.3 is 9.64 Å². The van der Waals surface area contributed by atoms with E-state index in [0.29, 0.717) is 11.3 Å². The van der Waals surface area contributed by atoms with Crippen LogP contribution in [0.3, 0.4) is 0 Å². The van der Waals surface area contributed by atoms with Gasteiger partial charge in [0.1, 0.15) is 17.5 Å². The van der Waals surface area contributed by atoms with E-state index in [0.717, 1.165) is 37.0 Å². The highest BCUT2D eigenvalue weighted by atomic mass is 16.5. The lowest BCUT2D eigenvalue weighted by molar-refractivity contribution is 0.0677. The number of nitriles is 1. The van der Waals surface area contributed by atoms with Gasteiger partial charge in [-0.2, -0.15) is 5.26 Å². The third kappa shape index (κ3) is 2.43. The highest BCUT2D eigenvalue weighted by molar-refractivity contribution is 6.00. The lowest BCUT2D eigenvalue weighted by Crippen LogP contribution is -2.36. The molecule has 4 heteroatoms. The first kappa shape index (κ1) is 14.8. The number of para-hydroxylation sites is 1. The fourth-order valence-electron chi connectivity index (χ4n) is 3.75. The maximum atomic E-state index is 12.8. The van der Waals surface area contributed by atoms with Crippen molar-refractivity contribution in [2.75, 3.05) is 0 Å². The predicted molar refractivity (Wildman–Crippen MR) is 89.7 cm³/mol. The Balaban J connectivity index is 1.66. The molecule has 4 rings (SSSR count). The monoisotopic (exact) mass is 318 g/mol. The van der Waals surface area contributed by atoms with E-state index in [1.165, 1.54) is 0 Å². The van der Waals surface area contributed by atoms with Gasteiger partial charge in [0, 0.05) is 17.2 Å². The molecule has 2 aliphatic rings. The molecular formula is C20H18N2O2. The van der Waals surface area contributed by atoms with Crippen LogP contribution in [0.25, 0.3) is 0 Å². The summed E-state index contributed by atoms with van der Waals surface area (Å²) in [4.78, 5) is 14.5. The van der Waals surface area contributed by atoms with Crippen LogP contribution in [0.1, 0.15) is 47.6 Å². The minimum atomic E-state index is -0.505. The first-order valence-corrected chi connectivity index (χ1v) is 8.37. The van der Waals surface area contributed by atoms with Crippen LogP contribution >= 0.6 is 0 Å². The van der Waals surface area contributed by atoms with E-state index in [-0.39, 0.29) is 11.9 Å². The summed E-state index contributed by atoms with van der Waals surface area (Å²) in [6.45, 7) is 0. The number of rotatable bonds is 3. The number of ether oxygens (including phenoxy) is 1. The maximum absolute atomic E-state index is 12.8. The van der Waals surface area contributed by atoms with Crippen molar-refractivity contribution in [3.63, 3.8) is 0 Å². The van der Waals surface area contributed by atoms with Gasteiger partial charge in [0.25, 0.3) is 5.91 Å². The van der Waals surface area contributed by atoms with Crippen molar-refractivity contribution in [1.82, 2.24) is 4.90 Å². The molecule has 1 heterocycles. The van der Waals surface area contributed by atoms with Gasteiger partial charge in [-0.25, -0.2) is 0 Å². The van der Waals surface area contributed by atoms with Gasteiger partial charge in [0.2, 0.25) is 0 Å². The second-order valence-electron chi connectivity index (χ2n) is 6.35. The maximum Gasteiger partial charge on any atom is 0.255 e. The third-order valence-corrected chi connectivity index (χ3v) is 4.88. The molecule has 2 aromatic rings. The highest BCUT2D eigenvalue weighted by Gasteiger charge is 2.41. The van der Waals surface area contributed by atoms with Crippen molar-refractivity contribution < 1.29 is 9.53 Å². The first-order valence-electron chi connectivity index (χ1n) is 8.37. The summed E-state index contributed by atoms with van der Waals surface area (Å²) in [5, 5.41) is 9.66. The Bertz CT molecular complexity index is 804. The van der Waals surface area contributed by atoms with Gasteiger partial charge in [0.05, 0.1) is 6.07 Å². The van der Waals surface area contributed by atoms with Crippen molar-refractivity contribution >= 4 is 5.91 Å². The average Bonchev–Trinajstić information content (AvgIpc) is 3.22.